The van der Waals surface area contributed by atoms with E-state index in [0.717, 1.165) is 36.6 Å². The van der Waals surface area contributed by atoms with Gasteiger partial charge in [-0.1, -0.05) is 18.2 Å². The molecule has 5 nitrogen and oxygen atoms in total. The molecule has 0 aliphatic heterocycles. The predicted octanol–water partition coefficient (Wildman–Crippen LogP) is 2.09. The molecule has 1 aliphatic rings. The van der Waals surface area contributed by atoms with Crippen LogP contribution in [0, 0.1) is 5.92 Å². The summed E-state index contributed by atoms with van der Waals surface area (Å²) in [6, 6.07) is 8.25. The van der Waals surface area contributed by atoms with E-state index in [1.54, 1.807) is 0 Å². The highest BCUT2D eigenvalue weighted by molar-refractivity contribution is 5.78. The Labute approximate surface area is 117 Å². The molecule has 1 aliphatic carbocycles. The molecule has 0 bridgehead atoms. The van der Waals surface area contributed by atoms with Gasteiger partial charge in [0.2, 0.25) is 11.9 Å². The summed E-state index contributed by atoms with van der Waals surface area (Å²) in [5, 5.41) is 4.40. The van der Waals surface area contributed by atoms with Crippen LogP contribution in [0.1, 0.15) is 25.7 Å². The maximum absolute atomic E-state index is 11.1. The van der Waals surface area contributed by atoms with Crippen molar-refractivity contribution in [1.82, 2.24) is 9.97 Å². The lowest BCUT2D eigenvalue weighted by molar-refractivity contribution is -0.122. The number of rotatable bonds is 3. The molecule has 0 saturated heterocycles. The summed E-state index contributed by atoms with van der Waals surface area (Å²) in [4.78, 5) is 20.0. The SMILES string of the molecule is NC(=O)C1CCC(Nc2ncc3ccccc3n2)CC1. The monoisotopic (exact) mass is 270 g/mol. The van der Waals surface area contributed by atoms with Crippen molar-refractivity contribution in [3.63, 3.8) is 0 Å². The number of carbonyl (C=O) groups excluding carboxylic acids is 1. The molecule has 3 rings (SSSR count). The average Bonchev–Trinajstić information content (AvgIpc) is 2.48. The molecule has 1 aromatic heterocycles. The van der Waals surface area contributed by atoms with Crippen molar-refractivity contribution in [3.05, 3.63) is 30.5 Å². The third kappa shape index (κ3) is 2.71. The number of anilines is 1. The van der Waals surface area contributed by atoms with E-state index < -0.39 is 0 Å². The Bertz CT molecular complexity index is 620. The molecular weight excluding hydrogens is 252 g/mol. The number of hydrogen-bond donors (Lipinski definition) is 2. The number of carbonyl (C=O) groups is 1. The van der Waals surface area contributed by atoms with Crippen LogP contribution >= 0.6 is 0 Å². The lowest BCUT2D eigenvalue weighted by Crippen LogP contribution is -2.32. The maximum Gasteiger partial charge on any atom is 0.223 e. The normalized spacial score (nSPS) is 22.6. The van der Waals surface area contributed by atoms with Gasteiger partial charge in [-0.2, -0.15) is 0 Å². The van der Waals surface area contributed by atoms with Gasteiger partial charge in [0, 0.05) is 23.5 Å². The van der Waals surface area contributed by atoms with Gasteiger partial charge in [-0.15, -0.1) is 0 Å². The van der Waals surface area contributed by atoms with Crippen molar-refractivity contribution >= 4 is 22.8 Å². The van der Waals surface area contributed by atoms with Crippen molar-refractivity contribution in [2.24, 2.45) is 11.7 Å². The van der Waals surface area contributed by atoms with Crippen LogP contribution < -0.4 is 11.1 Å². The third-order valence-electron chi connectivity index (χ3n) is 3.95. The fourth-order valence-corrected chi connectivity index (χ4v) is 2.75. The average molecular weight is 270 g/mol. The van der Waals surface area contributed by atoms with E-state index in [0.29, 0.717) is 12.0 Å². The van der Waals surface area contributed by atoms with Gasteiger partial charge in [-0.05, 0) is 31.7 Å². The molecule has 0 radical (unpaired) electrons. The first-order valence-corrected chi connectivity index (χ1v) is 7.00. The van der Waals surface area contributed by atoms with Crippen LogP contribution in [0.3, 0.4) is 0 Å². The largest absolute Gasteiger partial charge is 0.369 e. The number of nitrogens with zero attached hydrogens (tertiary/aromatic N) is 2. The van der Waals surface area contributed by atoms with E-state index in [1.807, 2.05) is 30.5 Å². The number of amides is 1. The molecule has 3 N–H and O–H groups in total. The first kappa shape index (κ1) is 12.8. The molecular formula is C15H18N4O. The Balaban J connectivity index is 1.66. The van der Waals surface area contributed by atoms with Crippen molar-refractivity contribution < 1.29 is 4.79 Å². The summed E-state index contributed by atoms with van der Waals surface area (Å²) in [7, 11) is 0. The molecule has 1 heterocycles. The van der Waals surface area contributed by atoms with Crippen LogP contribution in [0.25, 0.3) is 10.9 Å². The van der Waals surface area contributed by atoms with Gasteiger partial charge in [0.25, 0.3) is 0 Å². The van der Waals surface area contributed by atoms with E-state index in [2.05, 4.69) is 15.3 Å². The van der Waals surface area contributed by atoms with E-state index in [-0.39, 0.29) is 11.8 Å². The molecule has 0 unspecified atom stereocenters. The number of hydrogen-bond acceptors (Lipinski definition) is 4. The van der Waals surface area contributed by atoms with Gasteiger partial charge in [0.15, 0.2) is 0 Å². The van der Waals surface area contributed by atoms with Crippen molar-refractivity contribution in [1.29, 1.82) is 0 Å². The number of fused-ring (bicyclic) bond motifs is 1. The summed E-state index contributed by atoms with van der Waals surface area (Å²) in [5.74, 6) is 0.516. The Hall–Kier alpha value is -2.17. The summed E-state index contributed by atoms with van der Waals surface area (Å²) in [5.41, 5.74) is 6.28. The van der Waals surface area contributed by atoms with Crippen LogP contribution in [0.4, 0.5) is 5.95 Å². The number of nitrogens with one attached hydrogen (secondary N) is 1. The molecule has 0 atom stereocenters. The van der Waals surface area contributed by atoms with E-state index >= 15 is 0 Å². The van der Waals surface area contributed by atoms with Gasteiger partial charge in [0.05, 0.1) is 5.52 Å². The highest BCUT2D eigenvalue weighted by Crippen LogP contribution is 2.25. The second kappa shape index (κ2) is 5.45. The van der Waals surface area contributed by atoms with E-state index in [4.69, 9.17) is 5.73 Å². The molecule has 104 valence electrons. The molecule has 1 aromatic carbocycles. The highest BCUT2D eigenvalue weighted by atomic mass is 16.1. The molecule has 0 spiro atoms. The van der Waals surface area contributed by atoms with Crippen LogP contribution in [-0.2, 0) is 4.79 Å². The first-order valence-electron chi connectivity index (χ1n) is 7.00. The summed E-state index contributed by atoms with van der Waals surface area (Å²) in [6.45, 7) is 0. The molecule has 2 aromatic rings. The lowest BCUT2D eigenvalue weighted by atomic mass is 9.86. The Morgan fingerprint density at radius 1 is 1.20 bits per heavy atom. The molecule has 1 fully saturated rings. The Morgan fingerprint density at radius 3 is 2.70 bits per heavy atom. The maximum atomic E-state index is 11.1. The van der Waals surface area contributed by atoms with Crippen molar-refractivity contribution in [3.8, 4) is 0 Å². The molecule has 5 heteroatoms. The summed E-state index contributed by atoms with van der Waals surface area (Å²) in [6.07, 6.45) is 5.40. The van der Waals surface area contributed by atoms with Crippen LogP contribution in [-0.4, -0.2) is 21.9 Å². The van der Waals surface area contributed by atoms with Gasteiger partial charge in [0.1, 0.15) is 0 Å². The fraction of sp³-hybridized carbons (Fsp3) is 0.400. The fourth-order valence-electron chi connectivity index (χ4n) is 2.75. The highest BCUT2D eigenvalue weighted by Gasteiger charge is 2.24. The van der Waals surface area contributed by atoms with E-state index in [1.165, 1.54) is 0 Å². The molecule has 1 saturated carbocycles. The van der Waals surface area contributed by atoms with Gasteiger partial charge in [-0.3, -0.25) is 4.79 Å². The minimum absolute atomic E-state index is 0.0329. The smallest absolute Gasteiger partial charge is 0.223 e. The van der Waals surface area contributed by atoms with E-state index in [9.17, 15) is 4.79 Å². The zero-order valence-corrected chi connectivity index (χ0v) is 11.2. The second-order valence-electron chi connectivity index (χ2n) is 5.35. The van der Waals surface area contributed by atoms with Crippen LogP contribution in [0.15, 0.2) is 30.5 Å². The quantitative estimate of drug-likeness (QED) is 0.894. The van der Waals surface area contributed by atoms with Crippen LogP contribution in [0.2, 0.25) is 0 Å². The molecule has 1 amide bonds. The summed E-state index contributed by atoms with van der Waals surface area (Å²) >= 11 is 0. The second-order valence-corrected chi connectivity index (χ2v) is 5.35. The van der Waals surface area contributed by atoms with Gasteiger partial charge >= 0.3 is 0 Å². The topological polar surface area (TPSA) is 80.9 Å². The summed E-state index contributed by atoms with van der Waals surface area (Å²) < 4.78 is 0. The lowest BCUT2D eigenvalue weighted by Gasteiger charge is -2.27. The minimum atomic E-state index is -0.176. The zero-order chi connectivity index (χ0) is 13.9. The standard InChI is InChI=1S/C15H18N4O/c16-14(20)10-5-7-12(8-6-10)18-15-17-9-11-3-1-2-4-13(11)19-15/h1-4,9-10,12H,5-8H2,(H2,16,20)(H,17,18,19). The third-order valence-corrected chi connectivity index (χ3v) is 3.95. The molecule has 20 heavy (non-hydrogen) atoms. The van der Waals surface area contributed by atoms with Crippen molar-refractivity contribution in [2.45, 2.75) is 31.7 Å². The Morgan fingerprint density at radius 2 is 1.95 bits per heavy atom. The zero-order valence-electron chi connectivity index (χ0n) is 11.2. The van der Waals surface area contributed by atoms with Gasteiger partial charge < -0.3 is 11.1 Å². The predicted molar refractivity (Wildman–Crippen MR) is 78.1 cm³/mol. The number of nitrogens with two attached hydrogens (primary N) is 1. The first-order chi connectivity index (χ1) is 9.72. The van der Waals surface area contributed by atoms with Crippen molar-refractivity contribution in [2.75, 3.05) is 5.32 Å². The minimum Gasteiger partial charge on any atom is -0.369 e. The van der Waals surface area contributed by atoms with Gasteiger partial charge in [-0.25, -0.2) is 9.97 Å². The Kier molecular flexibility index (Phi) is 3.50. The number of primary amides is 1. The van der Waals surface area contributed by atoms with Crippen LogP contribution in [0.5, 0.6) is 0 Å². The number of para-hydroxylation sites is 1. The number of benzene rings is 1. The number of aromatic nitrogens is 2.